The maximum absolute atomic E-state index is 12.4. The van der Waals surface area contributed by atoms with Crippen LogP contribution in [0, 0.1) is 0 Å². The van der Waals surface area contributed by atoms with Gasteiger partial charge in [-0.2, -0.15) is 0 Å². The number of amides is 2. The predicted molar refractivity (Wildman–Crippen MR) is 99.5 cm³/mol. The Hall–Kier alpha value is -2.71. The van der Waals surface area contributed by atoms with Gasteiger partial charge in [-0.25, -0.2) is 13.1 Å². The maximum Gasteiger partial charge on any atom is 0.255 e. The molecule has 2 aromatic carbocycles. The standard InChI is InChI=1S/C18H21N3O4S/c1-2-3-11-20-26(24,25)16-6-4-5-14(12-16)18(23)21-15-9-7-13(8-10-15)17(19)22/h4-10,12,20H,2-3,11H2,1H3,(H2,19,22)(H,21,23). The second-order valence-electron chi connectivity index (χ2n) is 5.67. The van der Waals surface area contributed by atoms with E-state index in [2.05, 4.69) is 10.0 Å². The monoisotopic (exact) mass is 375 g/mol. The molecule has 2 aromatic rings. The molecule has 0 unspecified atom stereocenters. The minimum absolute atomic E-state index is 0.0327. The fraction of sp³-hybridized carbons (Fsp3) is 0.222. The van der Waals surface area contributed by atoms with Crippen LogP contribution in [0.3, 0.4) is 0 Å². The van der Waals surface area contributed by atoms with Crippen LogP contribution in [0.2, 0.25) is 0 Å². The van der Waals surface area contributed by atoms with Gasteiger partial charge < -0.3 is 11.1 Å². The van der Waals surface area contributed by atoms with Gasteiger partial charge in [0.25, 0.3) is 5.91 Å². The molecular weight excluding hydrogens is 354 g/mol. The van der Waals surface area contributed by atoms with Gasteiger partial charge in [-0.1, -0.05) is 19.4 Å². The third-order valence-corrected chi connectivity index (χ3v) is 5.11. The SMILES string of the molecule is CCCCNS(=O)(=O)c1cccc(C(=O)Nc2ccc(C(N)=O)cc2)c1. The van der Waals surface area contributed by atoms with Crippen LogP contribution < -0.4 is 15.8 Å². The molecule has 2 amide bonds. The number of hydrogen-bond acceptors (Lipinski definition) is 4. The third-order valence-electron chi connectivity index (χ3n) is 3.66. The van der Waals surface area contributed by atoms with Crippen LogP contribution in [0.1, 0.15) is 40.5 Å². The summed E-state index contributed by atoms with van der Waals surface area (Å²) in [4.78, 5) is 23.4. The van der Waals surface area contributed by atoms with E-state index in [0.29, 0.717) is 17.8 Å². The summed E-state index contributed by atoms with van der Waals surface area (Å²) in [5.41, 5.74) is 6.17. The normalized spacial score (nSPS) is 11.1. The molecule has 0 saturated heterocycles. The van der Waals surface area contributed by atoms with E-state index in [4.69, 9.17) is 5.73 Å². The second-order valence-corrected chi connectivity index (χ2v) is 7.44. The molecule has 2 rings (SSSR count). The molecular formula is C18H21N3O4S. The Balaban J connectivity index is 2.13. The van der Waals surface area contributed by atoms with E-state index in [1.165, 1.54) is 36.4 Å². The van der Waals surface area contributed by atoms with Crippen molar-refractivity contribution in [3.8, 4) is 0 Å². The molecule has 0 bridgehead atoms. The van der Waals surface area contributed by atoms with Crippen molar-refractivity contribution in [3.63, 3.8) is 0 Å². The number of unbranched alkanes of at least 4 members (excludes halogenated alkanes) is 1. The zero-order valence-corrected chi connectivity index (χ0v) is 15.2. The zero-order chi connectivity index (χ0) is 19.2. The lowest BCUT2D eigenvalue weighted by molar-refractivity contribution is 0.0998. The van der Waals surface area contributed by atoms with Gasteiger partial charge in [0.05, 0.1) is 4.90 Å². The van der Waals surface area contributed by atoms with E-state index in [-0.39, 0.29) is 10.5 Å². The topological polar surface area (TPSA) is 118 Å². The van der Waals surface area contributed by atoms with Crippen LogP contribution in [-0.2, 0) is 10.0 Å². The average molecular weight is 375 g/mol. The van der Waals surface area contributed by atoms with Crippen molar-refractivity contribution in [2.24, 2.45) is 5.73 Å². The van der Waals surface area contributed by atoms with Gasteiger partial charge in [-0.05, 0) is 48.9 Å². The first kappa shape index (κ1) is 19.6. The first-order valence-corrected chi connectivity index (χ1v) is 9.63. The lowest BCUT2D eigenvalue weighted by atomic mass is 10.2. The Kier molecular flexibility index (Phi) is 6.48. The molecule has 0 aliphatic heterocycles. The molecule has 0 atom stereocenters. The fourth-order valence-electron chi connectivity index (χ4n) is 2.19. The Labute approximate surface area is 152 Å². The van der Waals surface area contributed by atoms with Gasteiger partial charge in [-0.3, -0.25) is 9.59 Å². The maximum atomic E-state index is 12.4. The van der Waals surface area contributed by atoms with Crippen molar-refractivity contribution < 1.29 is 18.0 Å². The summed E-state index contributed by atoms with van der Waals surface area (Å²) >= 11 is 0. The summed E-state index contributed by atoms with van der Waals surface area (Å²) in [5, 5.41) is 2.65. The summed E-state index contributed by atoms with van der Waals surface area (Å²) in [6, 6.07) is 11.9. The average Bonchev–Trinajstić information content (AvgIpc) is 2.62. The predicted octanol–water partition coefficient (Wildman–Crippen LogP) is 2.12. The highest BCUT2D eigenvalue weighted by Gasteiger charge is 2.16. The number of primary amides is 1. The molecule has 0 radical (unpaired) electrons. The van der Waals surface area contributed by atoms with Crippen molar-refractivity contribution in [2.75, 3.05) is 11.9 Å². The van der Waals surface area contributed by atoms with E-state index in [1.807, 2.05) is 6.92 Å². The summed E-state index contributed by atoms with van der Waals surface area (Å²) < 4.78 is 27.0. The molecule has 0 heterocycles. The Morgan fingerprint density at radius 3 is 2.35 bits per heavy atom. The summed E-state index contributed by atoms with van der Waals surface area (Å²) in [6.07, 6.45) is 1.61. The molecule has 0 aliphatic rings. The van der Waals surface area contributed by atoms with Gasteiger partial charge in [0.15, 0.2) is 0 Å². The molecule has 8 heteroatoms. The number of benzene rings is 2. The smallest absolute Gasteiger partial charge is 0.255 e. The highest BCUT2D eigenvalue weighted by molar-refractivity contribution is 7.89. The van der Waals surface area contributed by atoms with E-state index < -0.39 is 21.8 Å². The van der Waals surface area contributed by atoms with Gasteiger partial charge >= 0.3 is 0 Å². The number of nitrogens with two attached hydrogens (primary N) is 1. The van der Waals surface area contributed by atoms with Gasteiger partial charge in [0.1, 0.15) is 0 Å². The van der Waals surface area contributed by atoms with E-state index in [9.17, 15) is 18.0 Å². The summed E-state index contributed by atoms with van der Waals surface area (Å²) in [6.45, 7) is 2.32. The van der Waals surface area contributed by atoms with Crippen LogP contribution in [0.4, 0.5) is 5.69 Å². The van der Waals surface area contributed by atoms with Crippen LogP contribution >= 0.6 is 0 Å². The lowest BCUT2D eigenvalue weighted by Crippen LogP contribution is -2.25. The van der Waals surface area contributed by atoms with Crippen molar-refractivity contribution in [3.05, 3.63) is 59.7 Å². The Morgan fingerprint density at radius 1 is 1.04 bits per heavy atom. The van der Waals surface area contributed by atoms with Crippen LogP contribution in [0.15, 0.2) is 53.4 Å². The fourth-order valence-corrected chi connectivity index (χ4v) is 3.31. The Bertz CT molecular complexity index is 893. The van der Waals surface area contributed by atoms with Gasteiger partial charge in [0, 0.05) is 23.4 Å². The quantitative estimate of drug-likeness (QED) is 0.612. The first-order chi connectivity index (χ1) is 12.3. The highest BCUT2D eigenvalue weighted by atomic mass is 32.2. The molecule has 0 spiro atoms. The number of nitrogens with one attached hydrogen (secondary N) is 2. The first-order valence-electron chi connectivity index (χ1n) is 8.14. The largest absolute Gasteiger partial charge is 0.366 e. The number of carbonyl (C=O) groups is 2. The van der Waals surface area contributed by atoms with Crippen LogP contribution in [0.25, 0.3) is 0 Å². The molecule has 26 heavy (non-hydrogen) atoms. The molecule has 0 aliphatic carbocycles. The van der Waals surface area contributed by atoms with E-state index in [0.717, 1.165) is 12.8 Å². The summed E-state index contributed by atoms with van der Waals surface area (Å²) in [7, 11) is -3.66. The van der Waals surface area contributed by atoms with Crippen LogP contribution in [-0.4, -0.2) is 26.8 Å². The third kappa shape index (κ3) is 5.14. The van der Waals surface area contributed by atoms with Crippen LogP contribution in [0.5, 0.6) is 0 Å². The Morgan fingerprint density at radius 2 is 1.73 bits per heavy atom. The number of hydrogen-bond donors (Lipinski definition) is 3. The molecule has 0 fully saturated rings. The van der Waals surface area contributed by atoms with Crippen molar-refractivity contribution in [1.29, 1.82) is 0 Å². The van der Waals surface area contributed by atoms with E-state index >= 15 is 0 Å². The molecule has 4 N–H and O–H groups in total. The van der Waals surface area contributed by atoms with Crippen molar-refractivity contribution >= 4 is 27.5 Å². The van der Waals surface area contributed by atoms with Gasteiger partial charge in [0.2, 0.25) is 15.9 Å². The highest BCUT2D eigenvalue weighted by Crippen LogP contribution is 2.15. The number of rotatable bonds is 8. The number of anilines is 1. The molecule has 0 saturated carbocycles. The lowest BCUT2D eigenvalue weighted by Gasteiger charge is -2.09. The second kappa shape index (κ2) is 8.59. The van der Waals surface area contributed by atoms with E-state index in [1.54, 1.807) is 12.1 Å². The van der Waals surface area contributed by atoms with Crippen molar-refractivity contribution in [2.45, 2.75) is 24.7 Å². The van der Waals surface area contributed by atoms with Crippen molar-refractivity contribution in [1.82, 2.24) is 4.72 Å². The summed E-state index contributed by atoms with van der Waals surface area (Å²) in [5.74, 6) is -1.02. The minimum atomic E-state index is -3.66. The molecule has 0 aromatic heterocycles. The molecule has 138 valence electrons. The molecule has 7 nitrogen and oxygen atoms in total. The van der Waals surface area contributed by atoms with Gasteiger partial charge in [-0.15, -0.1) is 0 Å². The zero-order valence-electron chi connectivity index (χ0n) is 14.4. The number of carbonyl (C=O) groups excluding carboxylic acids is 2. The number of sulfonamides is 1. The minimum Gasteiger partial charge on any atom is -0.366 e.